The van der Waals surface area contributed by atoms with Crippen molar-refractivity contribution in [3.63, 3.8) is 0 Å². The van der Waals surface area contributed by atoms with Gasteiger partial charge in [0.2, 0.25) is 0 Å². The van der Waals surface area contributed by atoms with Crippen molar-refractivity contribution < 1.29 is 5.11 Å². The van der Waals surface area contributed by atoms with Gasteiger partial charge in [-0.15, -0.1) is 13.2 Å². The van der Waals surface area contributed by atoms with E-state index in [1.54, 1.807) is 12.2 Å². The van der Waals surface area contributed by atoms with E-state index < -0.39 is 5.60 Å². The molecule has 3 rings (SSSR count). The van der Waals surface area contributed by atoms with Crippen molar-refractivity contribution in [3.8, 4) is 22.5 Å². The van der Waals surface area contributed by atoms with Crippen molar-refractivity contribution in [2.45, 2.75) is 18.4 Å². The molecule has 1 N–H and O–H groups in total. The monoisotopic (exact) mass is 341 g/mol. The van der Waals surface area contributed by atoms with Crippen LogP contribution in [0.3, 0.4) is 0 Å². The van der Waals surface area contributed by atoms with Gasteiger partial charge in [0, 0.05) is 11.1 Å². The summed E-state index contributed by atoms with van der Waals surface area (Å²) in [5, 5.41) is 11.3. The minimum absolute atomic E-state index is 0.450. The second kappa shape index (κ2) is 7.94. The van der Waals surface area contributed by atoms with E-state index in [4.69, 9.17) is 4.98 Å². The molecule has 0 aliphatic rings. The highest BCUT2D eigenvalue weighted by molar-refractivity contribution is 5.67. The summed E-state index contributed by atoms with van der Waals surface area (Å²) in [5.74, 6) is 0. The van der Waals surface area contributed by atoms with Gasteiger partial charge < -0.3 is 5.11 Å². The first-order chi connectivity index (χ1) is 12.7. The maximum atomic E-state index is 11.3. The first kappa shape index (κ1) is 17.8. The number of pyridine rings is 1. The highest BCUT2D eigenvalue weighted by atomic mass is 16.3. The summed E-state index contributed by atoms with van der Waals surface area (Å²) in [6, 6.07) is 24.0. The van der Waals surface area contributed by atoms with E-state index in [-0.39, 0.29) is 0 Å². The number of aliphatic hydroxyl groups is 1. The third kappa shape index (κ3) is 3.81. The van der Waals surface area contributed by atoms with Crippen LogP contribution < -0.4 is 0 Å². The van der Waals surface area contributed by atoms with Crippen LogP contribution in [0, 0.1) is 0 Å². The lowest BCUT2D eigenvalue weighted by Gasteiger charge is -2.27. The highest BCUT2D eigenvalue weighted by Crippen LogP contribution is 2.34. The summed E-state index contributed by atoms with van der Waals surface area (Å²) in [4.78, 5) is 4.84. The quantitative estimate of drug-likeness (QED) is 0.555. The molecule has 2 nitrogen and oxygen atoms in total. The highest BCUT2D eigenvalue weighted by Gasteiger charge is 2.28. The summed E-state index contributed by atoms with van der Waals surface area (Å²) in [5.41, 5.74) is 3.50. The topological polar surface area (TPSA) is 33.1 Å². The average molecular weight is 341 g/mol. The fourth-order valence-electron chi connectivity index (χ4n) is 3.11. The predicted molar refractivity (Wildman–Crippen MR) is 109 cm³/mol. The molecule has 2 aromatic carbocycles. The van der Waals surface area contributed by atoms with Crippen molar-refractivity contribution >= 4 is 0 Å². The number of benzene rings is 2. The van der Waals surface area contributed by atoms with E-state index >= 15 is 0 Å². The number of nitrogens with zero attached hydrogens (tertiary/aromatic N) is 1. The SMILES string of the molecule is C=CCC(O)(CC=C)c1cc(-c2ccccc2)nc(-c2ccccc2)c1. The Bertz CT molecular complexity index is 817. The third-order valence-electron chi connectivity index (χ3n) is 4.47. The second-order valence-electron chi connectivity index (χ2n) is 6.38. The van der Waals surface area contributed by atoms with Crippen LogP contribution >= 0.6 is 0 Å². The Kier molecular flexibility index (Phi) is 5.45. The molecule has 2 heteroatoms. The maximum Gasteiger partial charge on any atom is 0.0966 e. The van der Waals surface area contributed by atoms with Crippen molar-refractivity contribution in [2.75, 3.05) is 0 Å². The molecule has 0 atom stereocenters. The Morgan fingerprint density at radius 1 is 0.769 bits per heavy atom. The van der Waals surface area contributed by atoms with Crippen molar-refractivity contribution in [3.05, 3.63) is 104 Å². The first-order valence-corrected chi connectivity index (χ1v) is 8.74. The van der Waals surface area contributed by atoms with E-state index in [1.807, 2.05) is 72.8 Å². The average Bonchev–Trinajstić information content (AvgIpc) is 2.69. The largest absolute Gasteiger partial charge is 0.385 e. The molecule has 130 valence electrons. The zero-order valence-electron chi connectivity index (χ0n) is 14.8. The molecule has 0 aliphatic heterocycles. The lowest BCUT2D eigenvalue weighted by Crippen LogP contribution is -2.24. The van der Waals surface area contributed by atoms with E-state index in [0.717, 1.165) is 28.1 Å². The maximum absolute atomic E-state index is 11.3. The van der Waals surface area contributed by atoms with Crippen LogP contribution in [0.25, 0.3) is 22.5 Å². The van der Waals surface area contributed by atoms with E-state index in [1.165, 1.54) is 0 Å². The Morgan fingerprint density at radius 3 is 1.58 bits per heavy atom. The molecule has 0 bridgehead atoms. The van der Waals surface area contributed by atoms with Gasteiger partial charge in [0.15, 0.2) is 0 Å². The Balaban J connectivity index is 2.20. The molecule has 0 saturated heterocycles. The molecule has 0 radical (unpaired) electrons. The van der Waals surface area contributed by atoms with Gasteiger partial charge in [0.25, 0.3) is 0 Å². The molecular formula is C24H23NO. The van der Waals surface area contributed by atoms with Crippen LogP contribution in [0.5, 0.6) is 0 Å². The molecular weight excluding hydrogens is 318 g/mol. The smallest absolute Gasteiger partial charge is 0.0966 e. The van der Waals surface area contributed by atoms with Gasteiger partial charge in [0.1, 0.15) is 0 Å². The zero-order valence-corrected chi connectivity index (χ0v) is 14.8. The zero-order chi connectivity index (χ0) is 18.4. The number of hydrogen-bond acceptors (Lipinski definition) is 2. The van der Waals surface area contributed by atoms with E-state index in [9.17, 15) is 5.11 Å². The standard InChI is InChI=1S/C24H23NO/c1-3-15-24(26,16-4-2)21-17-22(19-11-7-5-8-12-19)25-23(18-21)20-13-9-6-10-14-20/h3-14,17-18,26H,1-2,15-16H2. The van der Waals surface area contributed by atoms with Crippen LogP contribution in [0.4, 0.5) is 0 Å². The van der Waals surface area contributed by atoms with Crippen LogP contribution in [-0.4, -0.2) is 10.1 Å². The van der Waals surface area contributed by atoms with Gasteiger partial charge in [-0.25, -0.2) is 4.98 Å². The summed E-state index contributed by atoms with van der Waals surface area (Å²) < 4.78 is 0. The Hall–Kier alpha value is -2.97. The molecule has 3 aromatic rings. The van der Waals surface area contributed by atoms with Gasteiger partial charge in [-0.3, -0.25) is 0 Å². The first-order valence-electron chi connectivity index (χ1n) is 8.74. The van der Waals surface area contributed by atoms with E-state index in [0.29, 0.717) is 12.8 Å². The van der Waals surface area contributed by atoms with Crippen LogP contribution in [0.1, 0.15) is 18.4 Å². The fourth-order valence-corrected chi connectivity index (χ4v) is 3.11. The van der Waals surface area contributed by atoms with Gasteiger partial charge in [0.05, 0.1) is 17.0 Å². The van der Waals surface area contributed by atoms with Gasteiger partial charge >= 0.3 is 0 Å². The molecule has 0 saturated carbocycles. The summed E-state index contributed by atoms with van der Waals surface area (Å²) in [6.07, 6.45) is 4.39. The number of aromatic nitrogens is 1. The minimum Gasteiger partial charge on any atom is -0.385 e. The van der Waals surface area contributed by atoms with Crippen LogP contribution in [0.15, 0.2) is 98.1 Å². The van der Waals surface area contributed by atoms with Crippen molar-refractivity contribution in [2.24, 2.45) is 0 Å². The normalized spacial score (nSPS) is 11.1. The predicted octanol–water partition coefficient (Wildman–Crippen LogP) is 5.76. The molecule has 0 unspecified atom stereocenters. The van der Waals surface area contributed by atoms with Crippen molar-refractivity contribution in [1.82, 2.24) is 4.98 Å². The summed E-state index contributed by atoms with van der Waals surface area (Å²) in [7, 11) is 0. The summed E-state index contributed by atoms with van der Waals surface area (Å²) in [6.45, 7) is 7.61. The second-order valence-corrected chi connectivity index (χ2v) is 6.38. The molecule has 0 fully saturated rings. The fraction of sp³-hybridized carbons (Fsp3) is 0.125. The minimum atomic E-state index is -1.04. The van der Waals surface area contributed by atoms with Gasteiger partial charge in [-0.05, 0) is 30.5 Å². The summed E-state index contributed by atoms with van der Waals surface area (Å²) >= 11 is 0. The Labute approximate surface area is 155 Å². The van der Waals surface area contributed by atoms with Crippen LogP contribution in [0.2, 0.25) is 0 Å². The molecule has 1 aromatic heterocycles. The third-order valence-corrected chi connectivity index (χ3v) is 4.47. The molecule has 0 aliphatic carbocycles. The lowest BCUT2D eigenvalue weighted by molar-refractivity contribution is 0.0430. The van der Waals surface area contributed by atoms with E-state index in [2.05, 4.69) is 13.2 Å². The van der Waals surface area contributed by atoms with Crippen LogP contribution in [-0.2, 0) is 5.60 Å². The van der Waals surface area contributed by atoms with Gasteiger partial charge in [-0.2, -0.15) is 0 Å². The van der Waals surface area contributed by atoms with Gasteiger partial charge in [-0.1, -0.05) is 72.8 Å². The molecule has 1 heterocycles. The number of rotatable bonds is 7. The lowest BCUT2D eigenvalue weighted by atomic mass is 9.86. The molecule has 0 spiro atoms. The Morgan fingerprint density at radius 2 is 1.19 bits per heavy atom. The molecule has 26 heavy (non-hydrogen) atoms. The number of hydrogen-bond donors (Lipinski definition) is 1. The van der Waals surface area contributed by atoms with Crippen molar-refractivity contribution in [1.29, 1.82) is 0 Å². The molecule has 0 amide bonds.